The Bertz CT molecular complexity index is 404. The van der Waals surface area contributed by atoms with Gasteiger partial charge in [-0.3, -0.25) is 4.79 Å². The molecule has 1 aliphatic heterocycles. The molecule has 1 aromatic heterocycles. The minimum Gasteiger partial charge on any atom is -0.347 e. The van der Waals surface area contributed by atoms with E-state index < -0.39 is 0 Å². The molecule has 3 atom stereocenters. The van der Waals surface area contributed by atoms with E-state index in [1.54, 1.807) is 11.3 Å². The second kappa shape index (κ2) is 5.14. The van der Waals surface area contributed by atoms with Crippen LogP contribution in [0.1, 0.15) is 30.6 Å². The van der Waals surface area contributed by atoms with Gasteiger partial charge in [-0.1, -0.05) is 6.92 Å². The van der Waals surface area contributed by atoms with Gasteiger partial charge < -0.3 is 10.6 Å². The number of thiazole rings is 1. The molecule has 0 aliphatic carbocycles. The number of hydrogen-bond donors (Lipinski definition) is 2. The first-order valence-electron chi connectivity index (χ1n) is 6.01. The zero-order chi connectivity index (χ0) is 12.4. The highest BCUT2D eigenvalue weighted by Crippen LogP contribution is 2.20. The van der Waals surface area contributed by atoms with Crippen LogP contribution in [0.2, 0.25) is 0 Å². The van der Waals surface area contributed by atoms with Crippen LogP contribution >= 0.6 is 11.3 Å². The first-order chi connectivity index (χ1) is 8.08. The number of carbonyl (C=O) groups excluding carboxylic acids is 1. The van der Waals surface area contributed by atoms with Gasteiger partial charge in [-0.25, -0.2) is 4.98 Å². The van der Waals surface area contributed by atoms with E-state index in [1.165, 1.54) is 0 Å². The smallest absolute Gasteiger partial charge is 0.225 e. The molecule has 2 N–H and O–H groups in total. The Hall–Kier alpha value is -0.940. The molecule has 0 aromatic carbocycles. The number of aromatic nitrogens is 1. The number of nitrogens with zero attached hydrogens (tertiary/aromatic N) is 1. The summed E-state index contributed by atoms with van der Waals surface area (Å²) in [6.07, 6.45) is 0. The minimum atomic E-state index is 0.00833. The lowest BCUT2D eigenvalue weighted by Crippen LogP contribution is -2.35. The van der Waals surface area contributed by atoms with E-state index in [1.807, 2.05) is 19.2 Å². The maximum absolute atomic E-state index is 12.1. The molecule has 0 spiro atoms. The van der Waals surface area contributed by atoms with Crippen molar-refractivity contribution < 1.29 is 4.79 Å². The molecule has 17 heavy (non-hydrogen) atoms. The highest BCUT2D eigenvalue weighted by atomic mass is 32.1. The zero-order valence-corrected chi connectivity index (χ0v) is 11.3. The van der Waals surface area contributed by atoms with Crippen LogP contribution in [0.4, 0.5) is 0 Å². The molecule has 1 saturated heterocycles. The predicted molar refractivity (Wildman–Crippen MR) is 68.9 cm³/mol. The van der Waals surface area contributed by atoms with Crippen molar-refractivity contribution in [2.75, 3.05) is 13.1 Å². The maximum atomic E-state index is 12.1. The molecule has 5 heteroatoms. The number of aryl methyl sites for hydroxylation is 1. The first kappa shape index (κ1) is 12.5. The number of hydrogen-bond acceptors (Lipinski definition) is 4. The summed E-state index contributed by atoms with van der Waals surface area (Å²) in [5.74, 6) is 0.654. The fourth-order valence-electron chi connectivity index (χ4n) is 2.11. The van der Waals surface area contributed by atoms with Crippen molar-refractivity contribution in [3.05, 3.63) is 16.1 Å². The van der Waals surface area contributed by atoms with Crippen molar-refractivity contribution in [2.24, 2.45) is 11.8 Å². The quantitative estimate of drug-likeness (QED) is 0.858. The van der Waals surface area contributed by atoms with Crippen molar-refractivity contribution in [3.63, 3.8) is 0 Å². The lowest BCUT2D eigenvalue weighted by molar-refractivity contribution is -0.126. The van der Waals surface area contributed by atoms with Gasteiger partial charge in [0.05, 0.1) is 12.0 Å². The van der Waals surface area contributed by atoms with E-state index in [0.717, 1.165) is 23.8 Å². The maximum Gasteiger partial charge on any atom is 0.225 e. The summed E-state index contributed by atoms with van der Waals surface area (Å²) in [7, 11) is 0. The summed E-state index contributed by atoms with van der Waals surface area (Å²) in [6.45, 7) is 7.79. The van der Waals surface area contributed by atoms with Crippen LogP contribution in [-0.4, -0.2) is 24.0 Å². The van der Waals surface area contributed by atoms with E-state index in [2.05, 4.69) is 22.5 Å². The average Bonchev–Trinajstić information content (AvgIpc) is 2.86. The Kier molecular flexibility index (Phi) is 3.79. The van der Waals surface area contributed by atoms with Crippen LogP contribution in [-0.2, 0) is 4.79 Å². The highest BCUT2D eigenvalue weighted by molar-refractivity contribution is 7.09. The fourth-order valence-corrected chi connectivity index (χ4v) is 2.92. The highest BCUT2D eigenvalue weighted by Gasteiger charge is 2.30. The predicted octanol–water partition coefficient (Wildman–Crippen LogP) is 1.48. The molecule has 1 fully saturated rings. The summed E-state index contributed by atoms with van der Waals surface area (Å²) in [4.78, 5) is 16.5. The largest absolute Gasteiger partial charge is 0.347 e. The van der Waals surface area contributed by atoms with Crippen LogP contribution in [0.25, 0.3) is 0 Å². The fraction of sp³-hybridized carbons (Fsp3) is 0.667. The third-order valence-electron chi connectivity index (χ3n) is 3.22. The molecule has 2 rings (SSSR count). The van der Waals surface area contributed by atoms with Crippen LogP contribution in [0.5, 0.6) is 0 Å². The van der Waals surface area contributed by atoms with E-state index in [-0.39, 0.29) is 17.9 Å². The minimum absolute atomic E-state index is 0.00833. The molecule has 2 heterocycles. The second-order valence-electron chi connectivity index (χ2n) is 4.80. The van der Waals surface area contributed by atoms with Gasteiger partial charge in [0.1, 0.15) is 5.01 Å². The molecule has 0 saturated carbocycles. The molecular weight excluding hydrogens is 234 g/mol. The molecular formula is C12H19N3OS. The molecule has 0 radical (unpaired) electrons. The summed E-state index contributed by atoms with van der Waals surface area (Å²) < 4.78 is 0. The third-order valence-corrected chi connectivity index (χ3v) is 4.37. The topological polar surface area (TPSA) is 54.0 Å². The van der Waals surface area contributed by atoms with Gasteiger partial charge in [0.2, 0.25) is 5.91 Å². The van der Waals surface area contributed by atoms with Crippen molar-refractivity contribution in [1.29, 1.82) is 0 Å². The SMILES string of the molecule is Cc1csc(C(C)NC(=O)[C@@H]2CNC[C@H]2C)n1. The summed E-state index contributed by atoms with van der Waals surface area (Å²) in [5.41, 5.74) is 1.02. The van der Waals surface area contributed by atoms with Crippen molar-refractivity contribution >= 4 is 17.2 Å². The number of nitrogens with one attached hydrogen (secondary N) is 2. The molecule has 4 nitrogen and oxygen atoms in total. The van der Waals surface area contributed by atoms with Gasteiger partial charge in [0.15, 0.2) is 0 Å². The summed E-state index contributed by atoms with van der Waals surface area (Å²) >= 11 is 1.60. The van der Waals surface area contributed by atoms with E-state index in [4.69, 9.17) is 0 Å². The Morgan fingerprint density at radius 1 is 1.65 bits per heavy atom. The molecule has 1 aromatic rings. The summed E-state index contributed by atoms with van der Waals surface area (Å²) in [5, 5.41) is 9.29. The van der Waals surface area contributed by atoms with Gasteiger partial charge in [-0.05, 0) is 26.3 Å². The Morgan fingerprint density at radius 2 is 2.41 bits per heavy atom. The Labute approximate surface area is 106 Å². The standard InChI is InChI=1S/C12H19N3OS/c1-7-4-13-5-10(7)11(16)15-9(3)12-14-8(2)6-17-12/h6-7,9-10,13H,4-5H2,1-3H3,(H,15,16)/t7-,9?,10-/m1/s1. The lowest BCUT2D eigenvalue weighted by Gasteiger charge is -2.17. The molecule has 0 bridgehead atoms. The van der Waals surface area contributed by atoms with Crippen LogP contribution in [0.3, 0.4) is 0 Å². The molecule has 1 unspecified atom stereocenters. The Balaban J connectivity index is 1.94. The van der Waals surface area contributed by atoms with Crippen molar-refractivity contribution in [1.82, 2.24) is 15.6 Å². The van der Waals surface area contributed by atoms with E-state index in [9.17, 15) is 4.79 Å². The Morgan fingerprint density at radius 3 is 2.94 bits per heavy atom. The van der Waals surface area contributed by atoms with Crippen LogP contribution in [0, 0.1) is 18.8 Å². The number of carbonyl (C=O) groups is 1. The second-order valence-corrected chi connectivity index (χ2v) is 5.69. The number of amides is 1. The first-order valence-corrected chi connectivity index (χ1v) is 6.89. The average molecular weight is 253 g/mol. The van der Waals surface area contributed by atoms with Gasteiger partial charge in [0, 0.05) is 17.6 Å². The van der Waals surface area contributed by atoms with Gasteiger partial charge >= 0.3 is 0 Å². The van der Waals surface area contributed by atoms with E-state index >= 15 is 0 Å². The lowest BCUT2D eigenvalue weighted by atomic mass is 9.97. The van der Waals surface area contributed by atoms with Gasteiger partial charge in [0.25, 0.3) is 0 Å². The third kappa shape index (κ3) is 2.84. The zero-order valence-electron chi connectivity index (χ0n) is 10.5. The molecule has 1 aliphatic rings. The normalized spacial score (nSPS) is 25.8. The van der Waals surface area contributed by atoms with Crippen LogP contribution < -0.4 is 10.6 Å². The summed E-state index contributed by atoms with van der Waals surface area (Å²) in [6, 6.07) is 0.00833. The molecule has 1 amide bonds. The van der Waals surface area contributed by atoms with Crippen molar-refractivity contribution in [3.8, 4) is 0 Å². The number of rotatable bonds is 3. The molecule has 94 valence electrons. The van der Waals surface area contributed by atoms with Gasteiger partial charge in [-0.15, -0.1) is 11.3 Å². The monoisotopic (exact) mass is 253 g/mol. The van der Waals surface area contributed by atoms with Gasteiger partial charge in [-0.2, -0.15) is 0 Å². The van der Waals surface area contributed by atoms with Crippen molar-refractivity contribution in [2.45, 2.75) is 26.8 Å². The van der Waals surface area contributed by atoms with Crippen LogP contribution in [0.15, 0.2) is 5.38 Å². The van der Waals surface area contributed by atoms with E-state index in [0.29, 0.717) is 5.92 Å².